The highest BCUT2D eigenvalue weighted by molar-refractivity contribution is 7.92. The number of halogens is 2. The largest absolute Gasteiger partial charge is 0.355 e. The van der Waals surface area contributed by atoms with Crippen molar-refractivity contribution in [2.45, 2.75) is 32.9 Å². The lowest BCUT2D eigenvalue weighted by molar-refractivity contribution is -0.140. The van der Waals surface area contributed by atoms with Crippen LogP contribution >= 0.6 is 23.2 Å². The van der Waals surface area contributed by atoms with Gasteiger partial charge in [-0.2, -0.15) is 0 Å². The van der Waals surface area contributed by atoms with Gasteiger partial charge in [0.15, 0.2) is 0 Å². The van der Waals surface area contributed by atoms with Gasteiger partial charge >= 0.3 is 0 Å². The summed E-state index contributed by atoms with van der Waals surface area (Å²) in [6.07, 6.45) is 1.39. The first-order valence-electron chi connectivity index (χ1n) is 11.5. The first kappa shape index (κ1) is 27.8. The molecule has 10 heteroatoms. The summed E-state index contributed by atoms with van der Waals surface area (Å²) in [5.74, 6) is -0.855. The van der Waals surface area contributed by atoms with E-state index in [1.54, 1.807) is 44.2 Å². The monoisotopic (exact) mass is 549 g/mol. The minimum atomic E-state index is -3.85. The van der Waals surface area contributed by atoms with Crippen LogP contribution in [0.25, 0.3) is 10.8 Å². The Morgan fingerprint density at radius 1 is 1.00 bits per heavy atom. The number of carbonyl (C=O) groups is 2. The highest BCUT2D eigenvalue weighted by atomic mass is 35.5. The third kappa shape index (κ3) is 6.49. The van der Waals surface area contributed by atoms with E-state index in [4.69, 9.17) is 23.2 Å². The fourth-order valence-electron chi connectivity index (χ4n) is 4.07. The Hall–Kier alpha value is -2.81. The second kappa shape index (κ2) is 12.0. The van der Waals surface area contributed by atoms with Crippen molar-refractivity contribution in [3.63, 3.8) is 0 Å². The predicted octanol–water partition coefficient (Wildman–Crippen LogP) is 4.86. The first-order chi connectivity index (χ1) is 17.1. The molecule has 0 radical (unpaired) electrons. The van der Waals surface area contributed by atoms with Crippen molar-refractivity contribution in [3.8, 4) is 0 Å². The number of hydrogen-bond donors (Lipinski definition) is 1. The average Bonchev–Trinajstić information content (AvgIpc) is 2.82. The second-order valence-corrected chi connectivity index (χ2v) is 11.1. The molecule has 0 aliphatic carbocycles. The number of rotatable bonds is 10. The number of hydrogen-bond acceptors (Lipinski definition) is 4. The van der Waals surface area contributed by atoms with E-state index in [-0.39, 0.29) is 12.5 Å². The van der Waals surface area contributed by atoms with E-state index in [2.05, 4.69) is 5.32 Å². The van der Waals surface area contributed by atoms with Crippen molar-refractivity contribution in [1.82, 2.24) is 10.2 Å². The lowest BCUT2D eigenvalue weighted by Crippen LogP contribution is -2.52. The lowest BCUT2D eigenvalue weighted by Gasteiger charge is -2.33. The highest BCUT2D eigenvalue weighted by Crippen LogP contribution is 2.29. The zero-order valence-electron chi connectivity index (χ0n) is 20.4. The summed E-state index contributed by atoms with van der Waals surface area (Å²) in [4.78, 5) is 28.0. The summed E-state index contributed by atoms with van der Waals surface area (Å²) < 4.78 is 26.9. The SMILES string of the molecule is CCNC(=O)[C@@H](CC)N(Cc1ccc(Cl)cc1Cl)C(=O)CN(c1cccc2ccccc12)S(C)(=O)=O. The summed E-state index contributed by atoms with van der Waals surface area (Å²) in [6.45, 7) is 3.51. The zero-order valence-corrected chi connectivity index (χ0v) is 22.7. The smallest absolute Gasteiger partial charge is 0.244 e. The van der Waals surface area contributed by atoms with Crippen LogP contribution in [0, 0.1) is 0 Å². The molecule has 0 aliphatic rings. The average molecular weight is 551 g/mol. The van der Waals surface area contributed by atoms with Crippen LogP contribution < -0.4 is 9.62 Å². The summed E-state index contributed by atoms with van der Waals surface area (Å²) in [5, 5.41) is 5.09. The molecule has 0 unspecified atom stereocenters. The van der Waals surface area contributed by atoms with Crippen molar-refractivity contribution in [2.75, 3.05) is 23.7 Å². The minimum Gasteiger partial charge on any atom is -0.355 e. The Balaban J connectivity index is 2.05. The third-order valence-corrected chi connectivity index (χ3v) is 7.52. The van der Waals surface area contributed by atoms with Crippen LogP contribution in [0.2, 0.25) is 10.0 Å². The van der Waals surface area contributed by atoms with Gasteiger partial charge in [0, 0.05) is 28.5 Å². The van der Waals surface area contributed by atoms with Gasteiger partial charge in [0.25, 0.3) is 0 Å². The van der Waals surface area contributed by atoms with Gasteiger partial charge in [-0.3, -0.25) is 13.9 Å². The molecule has 1 N–H and O–H groups in total. The zero-order chi connectivity index (χ0) is 26.5. The number of nitrogens with one attached hydrogen (secondary N) is 1. The summed E-state index contributed by atoms with van der Waals surface area (Å²) >= 11 is 12.4. The van der Waals surface area contributed by atoms with Crippen molar-refractivity contribution in [2.24, 2.45) is 0 Å². The molecule has 0 fully saturated rings. The molecule has 2 amide bonds. The van der Waals surface area contributed by atoms with E-state index < -0.39 is 28.5 Å². The summed E-state index contributed by atoms with van der Waals surface area (Å²) in [7, 11) is -3.85. The van der Waals surface area contributed by atoms with Crippen molar-refractivity contribution >= 4 is 61.5 Å². The van der Waals surface area contributed by atoms with Gasteiger partial charge < -0.3 is 10.2 Å². The van der Waals surface area contributed by atoms with E-state index >= 15 is 0 Å². The molecule has 0 aromatic heterocycles. The van der Waals surface area contributed by atoms with Gasteiger partial charge in [0.05, 0.1) is 11.9 Å². The maximum Gasteiger partial charge on any atom is 0.244 e. The Morgan fingerprint density at radius 3 is 2.33 bits per heavy atom. The predicted molar refractivity (Wildman–Crippen MR) is 146 cm³/mol. The number of sulfonamides is 1. The minimum absolute atomic E-state index is 0.0115. The van der Waals surface area contributed by atoms with Crippen molar-refractivity contribution in [1.29, 1.82) is 0 Å². The molecule has 3 aromatic rings. The van der Waals surface area contributed by atoms with Crippen LogP contribution in [0.5, 0.6) is 0 Å². The Kier molecular flexibility index (Phi) is 9.22. The van der Waals surface area contributed by atoms with Crippen LogP contribution in [-0.4, -0.2) is 50.5 Å². The maximum atomic E-state index is 13.8. The second-order valence-electron chi connectivity index (χ2n) is 8.34. The highest BCUT2D eigenvalue weighted by Gasteiger charge is 2.32. The molecule has 0 aliphatic heterocycles. The molecule has 0 heterocycles. The topological polar surface area (TPSA) is 86.8 Å². The molecule has 192 valence electrons. The number of benzene rings is 3. The normalized spacial score (nSPS) is 12.2. The van der Waals surface area contributed by atoms with E-state index in [1.165, 1.54) is 4.90 Å². The van der Waals surface area contributed by atoms with Crippen LogP contribution in [0.1, 0.15) is 25.8 Å². The van der Waals surface area contributed by atoms with Gasteiger partial charge in [-0.1, -0.05) is 72.6 Å². The molecule has 0 spiro atoms. The van der Waals surface area contributed by atoms with E-state index in [9.17, 15) is 18.0 Å². The molecular formula is C26H29Cl2N3O4S. The number of anilines is 1. The van der Waals surface area contributed by atoms with E-state index in [0.29, 0.717) is 39.6 Å². The molecule has 0 saturated heterocycles. The van der Waals surface area contributed by atoms with Gasteiger partial charge in [-0.15, -0.1) is 0 Å². The van der Waals surface area contributed by atoms with Gasteiger partial charge in [-0.05, 0) is 42.5 Å². The Morgan fingerprint density at radius 2 is 1.69 bits per heavy atom. The van der Waals surface area contributed by atoms with E-state index in [1.807, 2.05) is 30.3 Å². The van der Waals surface area contributed by atoms with Crippen LogP contribution in [0.4, 0.5) is 5.69 Å². The number of likely N-dealkylation sites (N-methyl/N-ethyl adjacent to an activating group) is 1. The van der Waals surface area contributed by atoms with Crippen molar-refractivity contribution < 1.29 is 18.0 Å². The number of fused-ring (bicyclic) bond motifs is 1. The van der Waals surface area contributed by atoms with Crippen molar-refractivity contribution in [3.05, 3.63) is 76.3 Å². The molecule has 3 rings (SSSR count). The molecular weight excluding hydrogens is 521 g/mol. The summed E-state index contributed by atoms with van der Waals surface area (Å²) in [5.41, 5.74) is 0.979. The molecule has 0 saturated carbocycles. The Bertz CT molecular complexity index is 1360. The summed E-state index contributed by atoms with van der Waals surface area (Å²) in [6, 6.07) is 16.7. The number of carbonyl (C=O) groups excluding carboxylic acids is 2. The molecule has 0 bridgehead atoms. The number of amides is 2. The Labute approximate surface area is 222 Å². The number of nitrogens with zero attached hydrogens (tertiary/aromatic N) is 2. The lowest BCUT2D eigenvalue weighted by atomic mass is 10.1. The first-order valence-corrected chi connectivity index (χ1v) is 14.1. The molecule has 1 atom stereocenters. The standard InChI is InChI=1S/C26H29Cl2N3O4S/c1-4-23(26(33)29-5-2)30(16-19-13-14-20(27)15-22(19)28)25(32)17-31(36(3,34)35)24-12-8-10-18-9-6-7-11-21(18)24/h6-15,23H,4-5,16-17H2,1-3H3,(H,29,33)/t23-/m1/s1. The van der Waals surface area contributed by atoms with Crippen LogP contribution in [0.15, 0.2) is 60.7 Å². The molecule has 3 aromatic carbocycles. The van der Waals surface area contributed by atoms with Gasteiger partial charge in [0.1, 0.15) is 12.6 Å². The molecule has 36 heavy (non-hydrogen) atoms. The fourth-order valence-corrected chi connectivity index (χ4v) is 5.40. The molecule has 7 nitrogen and oxygen atoms in total. The quantitative estimate of drug-likeness (QED) is 0.391. The fraction of sp³-hybridized carbons (Fsp3) is 0.308. The van der Waals surface area contributed by atoms with Gasteiger partial charge in [0.2, 0.25) is 21.8 Å². The third-order valence-electron chi connectivity index (χ3n) is 5.81. The maximum absolute atomic E-state index is 13.8. The van der Waals surface area contributed by atoms with Gasteiger partial charge in [-0.25, -0.2) is 8.42 Å². The van der Waals surface area contributed by atoms with E-state index in [0.717, 1.165) is 15.9 Å². The van der Waals surface area contributed by atoms with Crippen LogP contribution in [0.3, 0.4) is 0 Å². The van der Waals surface area contributed by atoms with Crippen LogP contribution in [-0.2, 0) is 26.2 Å².